The molecule has 0 aliphatic heterocycles. The number of nitrogens with one attached hydrogen (secondary N) is 1. The van der Waals surface area contributed by atoms with Crippen LogP contribution in [-0.2, 0) is 23.0 Å². The Morgan fingerprint density at radius 3 is 2.85 bits per heavy atom. The molecule has 112 valence electrons. The number of ether oxygens (including phenoxy) is 1. The zero-order valence-corrected chi connectivity index (χ0v) is 11.7. The molecule has 0 saturated carbocycles. The minimum Gasteiger partial charge on any atom is -0.480 e. The van der Waals surface area contributed by atoms with Crippen LogP contribution in [0.5, 0.6) is 0 Å². The largest absolute Gasteiger partial charge is 0.480 e. The number of aliphatic carboxylic acids is 1. The summed E-state index contributed by atoms with van der Waals surface area (Å²) in [5.74, 6) is -1.05. The predicted molar refractivity (Wildman–Crippen MR) is 71.4 cm³/mol. The Morgan fingerprint density at radius 2 is 2.30 bits per heavy atom. The molecule has 2 N–H and O–H groups in total. The Bertz CT molecular complexity index is 446. The molecule has 0 aromatic carbocycles. The quantitative estimate of drug-likeness (QED) is 0.683. The zero-order chi connectivity index (χ0) is 15.0. The van der Waals surface area contributed by atoms with Gasteiger partial charge in [-0.3, -0.25) is 9.48 Å². The maximum Gasteiger partial charge on any atom is 0.323 e. The van der Waals surface area contributed by atoms with Gasteiger partial charge in [0.1, 0.15) is 6.54 Å². The molecule has 0 fully saturated rings. The van der Waals surface area contributed by atoms with Crippen molar-refractivity contribution < 1.29 is 19.4 Å². The number of amides is 2. The van der Waals surface area contributed by atoms with Gasteiger partial charge in [0, 0.05) is 39.9 Å². The van der Waals surface area contributed by atoms with E-state index < -0.39 is 12.0 Å². The number of carbonyl (C=O) groups excluding carboxylic acids is 1. The van der Waals surface area contributed by atoms with E-state index in [4.69, 9.17) is 9.84 Å². The maximum absolute atomic E-state index is 11.9. The van der Waals surface area contributed by atoms with E-state index in [2.05, 4.69) is 10.4 Å². The van der Waals surface area contributed by atoms with Crippen LogP contribution in [0, 0.1) is 0 Å². The first-order valence-electron chi connectivity index (χ1n) is 6.25. The molecule has 8 nitrogen and oxygen atoms in total. The third-order valence-electron chi connectivity index (χ3n) is 2.60. The Labute approximate surface area is 117 Å². The summed E-state index contributed by atoms with van der Waals surface area (Å²) in [6, 6.07) is 1.45. The molecule has 0 radical (unpaired) electrons. The fourth-order valence-electron chi connectivity index (χ4n) is 1.62. The van der Waals surface area contributed by atoms with Crippen LogP contribution in [0.3, 0.4) is 0 Å². The van der Waals surface area contributed by atoms with Gasteiger partial charge in [0.2, 0.25) is 0 Å². The summed E-state index contributed by atoms with van der Waals surface area (Å²) in [6.45, 7) is 0.580. The van der Waals surface area contributed by atoms with Gasteiger partial charge in [0.05, 0.1) is 12.3 Å². The van der Waals surface area contributed by atoms with Gasteiger partial charge in [-0.25, -0.2) is 4.79 Å². The lowest BCUT2D eigenvalue weighted by molar-refractivity contribution is -0.137. The molecule has 1 rings (SSSR count). The molecule has 1 heterocycles. The minimum atomic E-state index is -1.05. The van der Waals surface area contributed by atoms with Crippen LogP contribution in [0.25, 0.3) is 0 Å². The third-order valence-corrected chi connectivity index (χ3v) is 2.60. The van der Waals surface area contributed by atoms with Crippen molar-refractivity contribution in [1.82, 2.24) is 20.0 Å². The van der Waals surface area contributed by atoms with E-state index in [-0.39, 0.29) is 13.1 Å². The summed E-state index contributed by atoms with van der Waals surface area (Å²) in [7, 11) is 3.32. The monoisotopic (exact) mass is 284 g/mol. The molecule has 0 aliphatic rings. The Kier molecular flexibility index (Phi) is 6.51. The number of hydrogen-bond donors (Lipinski definition) is 2. The molecule has 0 spiro atoms. The van der Waals surface area contributed by atoms with Crippen molar-refractivity contribution in [3.05, 3.63) is 18.0 Å². The van der Waals surface area contributed by atoms with E-state index in [9.17, 15) is 9.59 Å². The number of carboxylic acid groups (broad SMARTS) is 1. The van der Waals surface area contributed by atoms with Crippen molar-refractivity contribution in [3.8, 4) is 0 Å². The van der Waals surface area contributed by atoms with Crippen molar-refractivity contribution in [2.24, 2.45) is 7.05 Å². The number of carboxylic acids is 1. The van der Waals surface area contributed by atoms with Crippen LogP contribution >= 0.6 is 0 Å². The first-order valence-corrected chi connectivity index (χ1v) is 6.25. The second-order valence-corrected chi connectivity index (χ2v) is 4.27. The third kappa shape index (κ3) is 5.70. The van der Waals surface area contributed by atoms with Crippen molar-refractivity contribution in [1.29, 1.82) is 0 Å². The molecular weight excluding hydrogens is 264 g/mol. The second-order valence-electron chi connectivity index (χ2n) is 4.27. The minimum absolute atomic E-state index is 0.234. The first-order chi connectivity index (χ1) is 9.52. The lowest BCUT2D eigenvalue weighted by Gasteiger charge is -2.20. The lowest BCUT2D eigenvalue weighted by Crippen LogP contribution is -2.44. The first kappa shape index (κ1) is 16.0. The molecular formula is C12H20N4O4. The van der Waals surface area contributed by atoms with Gasteiger partial charge < -0.3 is 20.1 Å². The zero-order valence-electron chi connectivity index (χ0n) is 11.7. The number of aromatic nitrogens is 2. The molecule has 0 aliphatic carbocycles. The van der Waals surface area contributed by atoms with Gasteiger partial charge in [-0.15, -0.1) is 0 Å². The summed E-state index contributed by atoms with van der Waals surface area (Å²) in [6.07, 6.45) is 2.42. The smallest absolute Gasteiger partial charge is 0.323 e. The van der Waals surface area contributed by atoms with Gasteiger partial charge in [0.15, 0.2) is 0 Å². The number of hydrogen-bond acceptors (Lipinski definition) is 4. The Hall–Kier alpha value is -2.09. The van der Waals surface area contributed by atoms with Crippen molar-refractivity contribution in [3.63, 3.8) is 0 Å². The normalized spacial score (nSPS) is 10.3. The predicted octanol–water partition coefficient (Wildman–Crippen LogP) is -0.295. The van der Waals surface area contributed by atoms with Gasteiger partial charge in [0.25, 0.3) is 0 Å². The SMILES string of the molecule is COCCN(CC(=O)O)C(=O)NCCc1ccn(C)n1. The summed E-state index contributed by atoms with van der Waals surface area (Å²) >= 11 is 0. The fourth-order valence-corrected chi connectivity index (χ4v) is 1.62. The van der Waals surface area contributed by atoms with E-state index in [1.807, 2.05) is 19.3 Å². The van der Waals surface area contributed by atoms with Gasteiger partial charge >= 0.3 is 12.0 Å². The van der Waals surface area contributed by atoms with Gasteiger partial charge in [-0.1, -0.05) is 0 Å². The van der Waals surface area contributed by atoms with Crippen LogP contribution in [-0.4, -0.2) is 65.1 Å². The van der Waals surface area contributed by atoms with Crippen LogP contribution in [0.1, 0.15) is 5.69 Å². The molecule has 2 amide bonds. The Balaban J connectivity index is 2.38. The standard InChI is InChI=1S/C12H20N4O4/c1-15-6-4-10(14-15)3-5-13-12(19)16(7-8-20-2)9-11(17)18/h4,6H,3,5,7-9H2,1-2H3,(H,13,19)(H,17,18). The average molecular weight is 284 g/mol. The highest BCUT2D eigenvalue weighted by molar-refractivity contribution is 5.80. The van der Waals surface area contributed by atoms with E-state index in [1.165, 1.54) is 12.0 Å². The maximum atomic E-state index is 11.9. The van der Waals surface area contributed by atoms with E-state index in [0.717, 1.165) is 5.69 Å². The summed E-state index contributed by atoms with van der Waals surface area (Å²) in [5, 5.41) is 15.6. The highest BCUT2D eigenvalue weighted by atomic mass is 16.5. The number of rotatable bonds is 8. The van der Waals surface area contributed by atoms with Crippen LogP contribution in [0.4, 0.5) is 4.79 Å². The number of aryl methyl sites for hydroxylation is 1. The van der Waals surface area contributed by atoms with E-state index >= 15 is 0 Å². The molecule has 0 bridgehead atoms. The fraction of sp³-hybridized carbons (Fsp3) is 0.583. The second kappa shape index (κ2) is 8.16. The molecule has 1 aromatic rings. The average Bonchev–Trinajstić information content (AvgIpc) is 2.79. The molecule has 0 atom stereocenters. The number of nitrogens with zero attached hydrogens (tertiary/aromatic N) is 3. The van der Waals surface area contributed by atoms with Gasteiger partial charge in [-0.05, 0) is 6.07 Å². The number of urea groups is 1. The topological polar surface area (TPSA) is 96.7 Å². The number of methoxy groups -OCH3 is 1. The van der Waals surface area contributed by atoms with Crippen molar-refractivity contribution in [2.45, 2.75) is 6.42 Å². The van der Waals surface area contributed by atoms with Gasteiger partial charge in [-0.2, -0.15) is 5.10 Å². The summed E-state index contributed by atoms with van der Waals surface area (Å²) < 4.78 is 6.54. The molecule has 1 aromatic heterocycles. The van der Waals surface area contributed by atoms with Crippen LogP contribution in [0.2, 0.25) is 0 Å². The summed E-state index contributed by atoms with van der Waals surface area (Å²) in [5.41, 5.74) is 0.870. The highest BCUT2D eigenvalue weighted by Gasteiger charge is 2.15. The highest BCUT2D eigenvalue weighted by Crippen LogP contribution is 1.95. The lowest BCUT2D eigenvalue weighted by atomic mass is 10.3. The van der Waals surface area contributed by atoms with Crippen LogP contribution in [0.15, 0.2) is 12.3 Å². The van der Waals surface area contributed by atoms with E-state index in [1.54, 1.807) is 4.68 Å². The Morgan fingerprint density at radius 1 is 1.55 bits per heavy atom. The van der Waals surface area contributed by atoms with Crippen molar-refractivity contribution in [2.75, 3.05) is 33.4 Å². The number of carbonyl (C=O) groups is 2. The van der Waals surface area contributed by atoms with E-state index in [0.29, 0.717) is 19.6 Å². The van der Waals surface area contributed by atoms with Crippen LogP contribution < -0.4 is 5.32 Å². The molecule has 20 heavy (non-hydrogen) atoms. The molecule has 8 heteroatoms. The molecule has 0 saturated heterocycles. The summed E-state index contributed by atoms with van der Waals surface area (Å²) in [4.78, 5) is 23.7. The van der Waals surface area contributed by atoms with Crippen molar-refractivity contribution >= 4 is 12.0 Å². The molecule has 0 unspecified atom stereocenters.